The van der Waals surface area contributed by atoms with E-state index in [0.717, 1.165) is 12.2 Å². The van der Waals surface area contributed by atoms with E-state index >= 15 is 0 Å². The van der Waals surface area contributed by atoms with E-state index < -0.39 is 0 Å². The van der Waals surface area contributed by atoms with Gasteiger partial charge in [-0.3, -0.25) is 4.98 Å². The zero-order valence-electron chi connectivity index (χ0n) is 8.52. The summed E-state index contributed by atoms with van der Waals surface area (Å²) in [6.45, 7) is 2.86. The molecule has 3 nitrogen and oxygen atoms in total. The minimum absolute atomic E-state index is 0.485. The van der Waals surface area contributed by atoms with Gasteiger partial charge in [0.1, 0.15) is 0 Å². The second-order valence-corrected chi connectivity index (χ2v) is 3.72. The summed E-state index contributed by atoms with van der Waals surface area (Å²) >= 11 is 5.80. The number of aryl methyl sites for hydroxylation is 1. The maximum absolute atomic E-state index is 5.80. The number of nitrogens with zero attached hydrogens (tertiary/aromatic N) is 3. The minimum atomic E-state index is 0.485. The van der Waals surface area contributed by atoms with Crippen molar-refractivity contribution in [2.75, 3.05) is 0 Å². The van der Waals surface area contributed by atoms with Crippen LogP contribution in [0.4, 0.5) is 0 Å². The third kappa shape index (κ3) is 2.18. The first-order valence-electron chi connectivity index (χ1n) is 4.75. The topological polar surface area (TPSA) is 30.7 Å². The molecule has 0 aliphatic carbocycles. The van der Waals surface area contributed by atoms with Crippen molar-refractivity contribution in [1.29, 1.82) is 0 Å². The van der Waals surface area contributed by atoms with Gasteiger partial charge in [0.05, 0.1) is 24.4 Å². The first-order chi connectivity index (χ1) is 7.31. The van der Waals surface area contributed by atoms with E-state index in [1.54, 1.807) is 18.7 Å². The Morgan fingerprint density at radius 2 is 2.20 bits per heavy atom. The summed E-state index contributed by atoms with van der Waals surface area (Å²) in [5.74, 6) is 0.485. The van der Waals surface area contributed by atoms with Crippen molar-refractivity contribution in [2.45, 2.75) is 19.3 Å². The lowest BCUT2D eigenvalue weighted by Gasteiger charge is -2.07. The summed E-state index contributed by atoms with van der Waals surface area (Å²) < 4.78 is 2.04. The zero-order valence-corrected chi connectivity index (χ0v) is 9.28. The second-order valence-electron chi connectivity index (χ2n) is 3.45. The lowest BCUT2D eigenvalue weighted by Crippen LogP contribution is -2.03. The van der Waals surface area contributed by atoms with Crippen LogP contribution in [0.5, 0.6) is 0 Å². The lowest BCUT2D eigenvalue weighted by molar-refractivity contribution is 0.757. The number of hydrogen-bond acceptors (Lipinski definition) is 2. The molecule has 0 unspecified atom stereocenters. The normalized spacial score (nSPS) is 10.5. The van der Waals surface area contributed by atoms with E-state index in [1.165, 1.54) is 11.1 Å². The first-order valence-corrected chi connectivity index (χ1v) is 5.29. The summed E-state index contributed by atoms with van der Waals surface area (Å²) in [4.78, 5) is 8.19. The summed E-state index contributed by atoms with van der Waals surface area (Å²) in [5, 5.41) is 0. The third-order valence-corrected chi connectivity index (χ3v) is 2.70. The highest BCUT2D eigenvalue weighted by molar-refractivity contribution is 6.16. The van der Waals surface area contributed by atoms with Crippen LogP contribution in [0.2, 0.25) is 0 Å². The van der Waals surface area contributed by atoms with Crippen LogP contribution < -0.4 is 0 Å². The molecule has 0 spiro atoms. The third-order valence-electron chi connectivity index (χ3n) is 2.42. The van der Waals surface area contributed by atoms with Gasteiger partial charge in [-0.1, -0.05) is 0 Å². The fourth-order valence-corrected chi connectivity index (χ4v) is 1.67. The number of halogens is 1. The molecule has 15 heavy (non-hydrogen) atoms. The highest BCUT2D eigenvalue weighted by Crippen LogP contribution is 2.10. The largest absolute Gasteiger partial charge is 0.329 e. The van der Waals surface area contributed by atoms with E-state index in [-0.39, 0.29) is 0 Å². The van der Waals surface area contributed by atoms with E-state index in [4.69, 9.17) is 11.6 Å². The Balaban J connectivity index is 2.26. The lowest BCUT2D eigenvalue weighted by atomic mass is 10.1. The molecular formula is C11H12ClN3. The van der Waals surface area contributed by atoms with E-state index in [2.05, 4.69) is 16.9 Å². The SMILES string of the molecule is Cc1ccncc1Cn1cncc1CCl. The van der Waals surface area contributed by atoms with Crippen LogP contribution in [0.1, 0.15) is 16.8 Å². The predicted molar refractivity (Wildman–Crippen MR) is 59.9 cm³/mol. The Bertz CT molecular complexity index is 451. The quantitative estimate of drug-likeness (QED) is 0.746. The fraction of sp³-hybridized carbons (Fsp3) is 0.273. The van der Waals surface area contributed by atoms with Crippen molar-refractivity contribution in [3.63, 3.8) is 0 Å². The van der Waals surface area contributed by atoms with Crippen molar-refractivity contribution >= 4 is 11.6 Å². The van der Waals surface area contributed by atoms with Gasteiger partial charge in [-0.05, 0) is 24.1 Å². The molecule has 0 fully saturated rings. The molecule has 0 aliphatic rings. The number of hydrogen-bond donors (Lipinski definition) is 0. The zero-order chi connectivity index (χ0) is 10.7. The predicted octanol–water partition coefficient (Wildman–Crippen LogP) is 2.37. The Kier molecular flexibility index (Phi) is 3.02. The van der Waals surface area contributed by atoms with Crippen LogP contribution >= 0.6 is 11.6 Å². The van der Waals surface area contributed by atoms with Crippen molar-refractivity contribution in [3.8, 4) is 0 Å². The van der Waals surface area contributed by atoms with Crippen molar-refractivity contribution in [2.24, 2.45) is 0 Å². The van der Waals surface area contributed by atoms with Crippen LogP contribution in [-0.2, 0) is 12.4 Å². The van der Waals surface area contributed by atoms with Crippen LogP contribution in [0.3, 0.4) is 0 Å². The fourth-order valence-electron chi connectivity index (χ4n) is 1.45. The van der Waals surface area contributed by atoms with Gasteiger partial charge >= 0.3 is 0 Å². The van der Waals surface area contributed by atoms with Gasteiger partial charge in [-0.2, -0.15) is 0 Å². The molecular weight excluding hydrogens is 210 g/mol. The Hall–Kier alpha value is -1.35. The van der Waals surface area contributed by atoms with Crippen molar-refractivity contribution in [1.82, 2.24) is 14.5 Å². The second kappa shape index (κ2) is 4.45. The summed E-state index contributed by atoms with van der Waals surface area (Å²) in [5.41, 5.74) is 3.46. The number of aromatic nitrogens is 3. The van der Waals surface area contributed by atoms with Crippen LogP contribution in [0.15, 0.2) is 31.0 Å². The average Bonchev–Trinajstić information content (AvgIpc) is 2.69. The standard InChI is InChI=1S/C11H12ClN3/c1-9-2-3-13-5-10(9)7-15-8-14-6-11(15)4-12/h2-3,5-6,8H,4,7H2,1H3. The molecule has 78 valence electrons. The average molecular weight is 222 g/mol. The molecule has 0 aliphatic heterocycles. The number of imidazole rings is 1. The van der Waals surface area contributed by atoms with E-state index in [9.17, 15) is 0 Å². The van der Waals surface area contributed by atoms with E-state index in [0.29, 0.717) is 5.88 Å². The Morgan fingerprint density at radius 3 is 2.93 bits per heavy atom. The van der Waals surface area contributed by atoms with Gasteiger partial charge in [-0.15, -0.1) is 11.6 Å². The molecule has 0 aromatic carbocycles. The molecule has 2 aromatic rings. The summed E-state index contributed by atoms with van der Waals surface area (Å²) in [6, 6.07) is 2.01. The maximum atomic E-state index is 5.80. The molecule has 2 rings (SSSR count). The van der Waals surface area contributed by atoms with Gasteiger partial charge in [0.2, 0.25) is 0 Å². The van der Waals surface area contributed by atoms with Gasteiger partial charge in [0, 0.05) is 18.6 Å². The summed E-state index contributed by atoms with van der Waals surface area (Å²) in [7, 11) is 0. The molecule has 0 amide bonds. The van der Waals surface area contributed by atoms with Crippen LogP contribution in [0, 0.1) is 6.92 Å². The molecule has 0 radical (unpaired) electrons. The molecule has 0 bridgehead atoms. The summed E-state index contributed by atoms with van der Waals surface area (Å²) in [6.07, 6.45) is 7.27. The maximum Gasteiger partial charge on any atom is 0.0951 e. The highest BCUT2D eigenvalue weighted by Gasteiger charge is 2.03. The highest BCUT2D eigenvalue weighted by atomic mass is 35.5. The molecule has 2 heterocycles. The van der Waals surface area contributed by atoms with Crippen molar-refractivity contribution in [3.05, 3.63) is 47.8 Å². The van der Waals surface area contributed by atoms with E-state index in [1.807, 2.05) is 16.8 Å². The smallest absolute Gasteiger partial charge is 0.0951 e. The number of alkyl halides is 1. The van der Waals surface area contributed by atoms with Gasteiger partial charge < -0.3 is 4.57 Å². The Labute approximate surface area is 93.7 Å². The van der Waals surface area contributed by atoms with Crippen molar-refractivity contribution < 1.29 is 0 Å². The number of rotatable bonds is 3. The first kappa shape index (κ1) is 10.2. The van der Waals surface area contributed by atoms with Gasteiger partial charge in [0.15, 0.2) is 0 Å². The molecule has 0 atom stereocenters. The van der Waals surface area contributed by atoms with Gasteiger partial charge in [-0.25, -0.2) is 4.98 Å². The molecule has 2 aromatic heterocycles. The molecule has 0 saturated heterocycles. The molecule has 0 N–H and O–H groups in total. The number of pyridine rings is 1. The Morgan fingerprint density at radius 1 is 1.33 bits per heavy atom. The molecule has 4 heteroatoms. The minimum Gasteiger partial charge on any atom is -0.329 e. The molecule has 0 saturated carbocycles. The monoisotopic (exact) mass is 221 g/mol. The van der Waals surface area contributed by atoms with Crippen LogP contribution in [-0.4, -0.2) is 14.5 Å². The van der Waals surface area contributed by atoms with Crippen LogP contribution in [0.25, 0.3) is 0 Å². The van der Waals surface area contributed by atoms with Gasteiger partial charge in [0.25, 0.3) is 0 Å².